The summed E-state index contributed by atoms with van der Waals surface area (Å²) in [6.45, 7) is 3.24. The van der Waals surface area contributed by atoms with Gasteiger partial charge in [0, 0.05) is 19.5 Å². The Balaban J connectivity index is 2.14. The van der Waals surface area contributed by atoms with Gasteiger partial charge in [-0.05, 0) is 24.5 Å². The minimum Gasteiger partial charge on any atom is -0.480 e. The summed E-state index contributed by atoms with van der Waals surface area (Å²) >= 11 is 0. The van der Waals surface area contributed by atoms with Crippen molar-refractivity contribution >= 4 is 5.97 Å². The predicted molar refractivity (Wildman–Crippen MR) is 70.0 cm³/mol. The van der Waals surface area contributed by atoms with Crippen molar-refractivity contribution in [1.82, 2.24) is 4.90 Å². The van der Waals surface area contributed by atoms with E-state index in [9.17, 15) is 9.90 Å². The standard InChI is InChI=1S/C15H17NO2/c1-2-3-8-14(15(17)18)16-10-9-12-6-4-5-7-13(12)11-16/h4-7,14H,8-11H2,1H3,(H,17,18). The van der Waals surface area contributed by atoms with Gasteiger partial charge in [0.05, 0.1) is 0 Å². The Bertz CT molecular complexity index is 499. The molecule has 0 aromatic heterocycles. The van der Waals surface area contributed by atoms with Crippen molar-refractivity contribution < 1.29 is 9.90 Å². The van der Waals surface area contributed by atoms with Crippen molar-refractivity contribution in [3.05, 3.63) is 35.4 Å². The highest BCUT2D eigenvalue weighted by atomic mass is 16.4. The lowest BCUT2D eigenvalue weighted by Crippen LogP contribution is -2.43. The fourth-order valence-corrected chi connectivity index (χ4v) is 2.35. The van der Waals surface area contributed by atoms with Gasteiger partial charge in [0.15, 0.2) is 0 Å². The predicted octanol–water partition coefficient (Wildman–Crippen LogP) is 1.91. The van der Waals surface area contributed by atoms with Gasteiger partial charge in [0.2, 0.25) is 0 Å². The number of carboxylic acid groups (broad SMARTS) is 1. The van der Waals surface area contributed by atoms with E-state index >= 15 is 0 Å². The van der Waals surface area contributed by atoms with Crippen LogP contribution in [0.5, 0.6) is 0 Å². The van der Waals surface area contributed by atoms with Crippen molar-refractivity contribution in [3.8, 4) is 11.8 Å². The van der Waals surface area contributed by atoms with Crippen molar-refractivity contribution in [2.45, 2.75) is 32.4 Å². The number of hydrogen-bond donors (Lipinski definition) is 1. The van der Waals surface area contributed by atoms with Crippen molar-refractivity contribution in [3.63, 3.8) is 0 Å². The summed E-state index contributed by atoms with van der Waals surface area (Å²) in [7, 11) is 0. The number of carboxylic acids is 1. The average molecular weight is 243 g/mol. The number of nitrogens with zero attached hydrogens (tertiary/aromatic N) is 1. The first-order valence-corrected chi connectivity index (χ1v) is 6.15. The molecule has 0 spiro atoms. The number of carbonyl (C=O) groups is 1. The number of fused-ring (bicyclic) bond motifs is 1. The molecule has 94 valence electrons. The fraction of sp³-hybridized carbons (Fsp3) is 0.400. The minimum atomic E-state index is -0.780. The van der Waals surface area contributed by atoms with E-state index in [0.29, 0.717) is 13.0 Å². The van der Waals surface area contributed by atoms with Gasteiger partial charge in [-0.2, -0.15) is 0 Å². The third-order valence-electron chi connectivity index (χ3n) is 3.36. The topological polar surface area (TPSA) is 40.5 Å². The van der Waals surface area contributed by atoms with Crippen LogP contribution in [0.1, 0.15) is 24.5 Å². The molecule has 1 aliphatic rings. The Morgan fingerprint density at radius 3 is 2.83 bits per heavy atom. The van der Waals surface area contributed by atoms with Crippen LogP contribution in [0.3, 0.4) is 0 Å². The third kappa shape index (κ3) is 2.72. The molecule has 0 saturated heterocycles. The Morgan fingerprint density at radius 1 is 1.44 bits per heavy atom. The smallest absolute Gasteiger partial charge is 0.321 e. The summed E-state index contributed by atoms with van der Waals surface area (Å²) in [6.07, 6.45) is 1.31. The van der Waals surface area contributed by atoms with Crippen LogP contribution >= 0.6 is 0 Å². The van der Waals surface area contributed by atoms with E-state index in [1.807, 2.05) is 17.0 Å². The van der Waals surface area contributed by atoms with Gasteiger partial charge in [0.25, 0.3) is 0 Å². The first kappa shape index (κ1) is 12.7. The normalized spacial score (nSPS) is 16.3. The lowest BCUT2D eigenvalue weighted by molar-refractivity contribution is -0.143. The van der Waals surface area contributed by atoms with Crippen LogP contribution in [0.4, 0.5) is 0 Å². The maximum atomic E-state index is 11.3. The number of aliphatic carboxylic acids is 1. The first-order chi connectivity index (χ1) is 8.72. The van der Waals surface area contributed by atoms with Crippen LogP contribution < -0.4 is 0 Å². The van der Waals surface area contributed by atoms with Crippen molar-refractivity contribution in [2.75, 3.05) is 6.54 Å². The van der Waals surface area contributed by atoms with Gasteiger partial charge in [0.1, 0.15) is 6.04 Å². The van der Waals surface area contributed by atoms with Crippen LogP contribution in [-0.4, -0.2) is 28.6 Å². The maximum Gasteiger partial charge on any atom is 0.321 e. The molecule has 1 heterocycles. The molecule has 0 saturated carbocycles. The summed E-state index contributed by atoms with van der Waals surface area (Å²) < 4.78 is 0. The monoisotopic (exact) mass is 243 g/mol. The van der Waals surface area contributed by atoms with Crippen molar-refractivity contribution in [1.29, 1.82) is 0 Å². The Hall–Kier alpha value is -1.79. The molecular formula is C15H17NO2. The minimum absolute atomic E-state index is 0.397. The van der Waals surface area contributed by atoms with Gasteiger partial charge in [-0.3, -0.25) is 9.69 Å². The zero-order valence-corrected chi connectivity index (χ0v) is 10.5. The second-order valence-corrected chi connectivity index (χ2v) is 4.47. The molecule has 0 bridgehead atoms. The quantitative estimate of drug-likeness (QED) is 0.824. The van der Waals surface area contributed by atoms with Gasteiger partial charge < -0.3 is 5.11 Å². The summed E-state index contributed by atoms with van der Waals surface area (Å²) in [5.74, 6) is 4.87. The summed E-state index contributed by atoms with van der Waals surface area (Å²) in [6, 6.07) is 7.74. The SMILES string of the molecule is CC#CCC(C(=O)O)N1CCc2ccccc2C1. The number of rotatable bonds is 3. The molecule has 0 aliphatic carbocycles. The number of hydrogen-bond acceptors (Lipinski definition) is 2. The molecule has 3 nitrogen and oxygen atoms in total. The van der Waals surface area contributed by atoms with Crippen LogP contribution in [0.25, 0.3) is 0 Å². The van der Waals surface area contributed by atoms with Crippen molar-refractivity contribution in [2.24, 2.45) is 0 Å². The zero-order chi connectivity index (χ0) is 13.0. The molecule has 1 aromatic carbocycles. The largest absolute Gasteiger partial charge is 0.480 e. The second kappa shape index (κ2) is 5.70. The van der Waals surface area contributed by atoms with Gasteiger partial charge in [-0.15, -0.1) is 11.8 Å². The van der Waals surface area contributed by atoms with Gasteiger partial charge in [-0.1, -0.05) is 24.3 Å². The molecule has 1 aromatic rings. The molecule has 1 N–H and O–H groups in total. The molecule has 3 heteroatoms. The molecule has 1 unspecified atom stereocenters. The van der Waals surface area contributed by atoms with Crippen LogP contribution in [0.2, 0.25) is 0 Å². The van der Waals surface area contributed by atoms with E-state index in [0.717, 1.165) is 13.0 Å². The summed E-state index contributed by atoms with van der Waals surface area (Å²) in [4.78, 5) is 13.3. The molecule has 0 amide bonds. The van der Waals surface area contributed by atoms with Gasteiger partial charge in [-0.25, -0.2) is 0 Å². The first-order valence-electron chi connectivity index (χ1n) is 6.15. The average Bonchev–Trinajstić information content (AvgIpc) is 2.38. The van der Waals surface area contributed by atoms with Crippen LogP contribution in [0, 0.1) is 11.8 Å². The van der Waals surface area contributed by atoms with E-state index in [4.69, 9.17) is 0 Å². The highest BCUT2D eigenvalue weighted by Crippen LogP contribution is 2.21. The van der Waals surface area contributed by atoms with Gasteiger partial charge >= 0.3 is 5.97 Å². The van der Waals surface area contributed by atoms with Crippen LogP contribution in [0.15, 0.2) is 24.3 Å². The Morgan fingerprint density at radius 2 is 2.17 bits per heavy atom. The summed E-state index contributed by atoms with van der Waals surface area (Å²) in [5.41, 5.74) is 2.57. The van der Waals surface area contributed by atoms with E-state index < -0.39 is 12.0 Å². The lowest BCUT2D eigenvalue weighted by Gasteiger charge is -2.32. The molecular weight excluding hydrogens is 226 g/mol. The molecule has 0 fully saturated rings. The van der Waals surface area contributed by atoms with E-state index in [2.05, 4.69) is 24.0 Å². The molecule has 2 rings (SSSR count). The Kier molecular flexibility index (Phi) is 4.01. The molecule has 0 radical (unpaired) electrons. The lowest BCUT2D eigenvalue weighted by atomic mass is 9.98. The molecule has 18 heavy (non-hydrogen) atoms. The highest BCUT2D eigenvalue weighted by Gasteiger charge is 2.27. The van der Waals surface area contributed by atoms with Crippen LogP contribution in [-0.2, 0) is 17.8 Å². The van der Waals surface area contributed by atoms with E-state index in [1.165, 1.54) is 11.1 Å². The summed E-state index contributed by atoms with van der Waals surface area (Å²) in [5, 5.41) is 9.29. The second-order valence-electron chi connectivity index (χ2n) is 4.47. The maximum absolute atomic E-state index is 11.3. The van der Waals surface area contributed by atoms with E-state index in [1.54, 1.807) is 6.92 Å². The Labute approximate surface area is 107 Å². The zero-order valence-electron chi connectivity index (χ0n) is 10.5. The third-order valence-corrected chi connectivity index (χ3v) is 3.36. The molecule has 1 atom stereocenters. The number of benzene rings is 1. The highest BCUT2D eigenvalue weighted by molar-refractivity contribution is 5.74. The fourth-order valence-electron chi connectivity index (χ4n) is 2.35. The molecule has 1 aliphatic heterocycles. The van der Waals surface area contributed by atoms with E-state index in [-0.39, 0.29) is 0 Å².